The molecule has 0 radical (unpaired) electrons. The quantitative estimate of drug-likeness (QED) is 0.879. The fraction of sp³-hybridized carbons (Fsp3) is 0.625. The number of aryl methyl sites for hydroxylation is 1. The summed E-state index contributed by atoms with van der Waals surface area (Å²) in [5, 5.41) is 16.4. The molecule has 2 aromatic rings. The monoisotopic (exact) mass is 317 g/mol. The summed E-state index contributed by atoms with van der Waals surface area (Å²) in [6, 6.07) is 2.89. The van der Waals surface area contributed by atoms with Gasteiger partial charge in [0.15, 0.2) is 5.82 Å². The number of rotatable bonds is 4. The predicted octanol–water partition coefficient (Wildman–Crippen LogP) is 0.978. The summed E-state index contributed by atoms with van der Waals surface area (Å²) < 4.78 is 8.12. The molecule has 2 N–H and O–H groups in total. The zero-order chi connectivity index (χ0) is 15.8. The van der Waals surface area contributed by atoms with Crippen LogP contribution < -0.4 is 0 Å². The van der Waals surface area contributed by atoms with E-state index in [-0.39, 0.29) is 12.7 Å². The summed E-state index contributed by atoms with van der Waals surface area (Å²) in [6.45, 7) is 4.86. The minimum atomic E-state index is 0.159. The topological polar surface area (TPSA) is 79.2 Å². The van der Waals surface area contributed by atoms with Crippen LogP contribution in [0, 0.1) is 6.92 Å². The van der Waals surface area contributed by atoms with Crippen LogP contribution in [0.2, 0.25) is 0 Å². The van der Waals surface area contributed by atoms with Gasteiger partial charge in [-0.3, -0.25) is 10.00 Å². The first kappa shape index (κ1) is 14.9. The Morgan fingerprint density at radius 3 is 3.09 bits per heavy atom. The molecule has 4 rings (SSSR count). The Labute approximate surface area is 135 Å². The lowest BCUT2D eigenvalue weighted by atomic mass is 10.1. The van der Waals surface area contributed by atoms with Crippen molar-refractivity contribution >= 4 is 0 Å². The van der Waals surface area contributed by atoms with Crippen molar-refractivity contribution in [1.82, 2.24) is 24.6 Å². The molecular formula is C16H23N5O2. The van der Waals surface area contributed by atoms with Gasteiger partial charge in [-0.05, 0) is 25.8 Å². The molecule has 124 valence electrons. The highest BCUT2D eigenvalue weighted by atomic mass is 16.5. The Kier molecular flexibility index (Phi) is 3.92. The fourth-order valence-electron chi connectivity index (χ4n) is 3.77. The standard InChI is InChI=1S/C16H23N5O2/c1-11-6-15(19-18-11)16-17-3-4-21(16)12-7-13-10-23-14(2-5-22)9-20(13)8-12/h3-4,6,12-14,22H,2,5,7-10H2,1H3,(H,18,19)/t12-,13-,14-/m0/s1. The lowest BCUT2D eigenvalue weighted by Crippen LogP contribution is -2.46. The van der Waals surface area contributed by atoms with Gasteiger partial charge in [0.1, 0.15) is 5.69 Å². The van der Waals surface area contributed by atoms with E-state index in [0.717, 1.165) is 49.8 Å². The average molecular weight is 317 g/mol. The van der Waals surface area contributed by atoms with Gasteiger partial charge in [0.05, 0.1) is 12.7 Å². The van der Waals surface area contributed by atoms with Crippen molar-refractivity contribution in [3.63, 3.8) is 0 Å². The number of nitrogens with one attached hydrogen (secondary N) is 1. The first-order valence-corrected chi connectivity index (χ1v) is 8.26. The Morgan fingerprint density at radius 2 is 2.30 bits per heavy atom. The van der Waals surface area contributed by atoms with E-state index in [1.54, 1.807) is 0 Å². The van der Waals surface area contributed by atoms with Gasteiger partial charge in [-0.15, -0.1) is 0 Å². The van der Waals surface area contributed by atoms with E-state index in [9.17, 15) is 0 Å². The highest BCUT2D eigenvalue weighted by Crippen LogP contribution is 2.33. The van der Waals surface area contributed by atoms with Crippen molar-refractivity contribution in [1.29, 1.82) is 0 Å². The van der Waals surface area contributed by atoms with Gasteiger partial charge in [0.25, 0.3) is 0 Å². The van der Waals surface area contributed by atoms with Crippen molar-refractivity contribution in [2.24, 2.45) is 0 Å². The third-order valence-corrected chi connectivity index (χ3v) is 4.92. The first-order chi connectivity index (χ1) is 11.2. The second kappa shape index (κ2) is 6.07. The lowest BCUT2D eigenvalue weighted by Gasteiger charge is -2.34. The summed E-state index contributed by atoms with van der Waals surface area (Å²) in [5.74, 6) is 0.923. The molecule has 7 heteroatoms. The minimum absolute atomic E-state index is 0.159. The Balaban J connectivity index is 1.52. The lowest BCUT2D eigenvalue weighted by molar-refractivity contribution is -0.0567. The molecule has 0 aliphatic carbocycles. The van der Waals surface area contributed by atoms with Crippen LogP contribution in [0.5, 0.6) is 0 Å². The van der Waals surface area contributed by atoms with Crippen LogP contribution in [-0.2, 0) is 4.74 Å². The number of aliphatic hydroxyl groups excluding tert-OH is 1. The van der Waals surface area contributed by atoms with Crippen molar-refractivity contribution in [3.05, 3.63) is 24.2 Å². The van der Waals surface area contributed by atoms with Crippen LogP contribution in [-0.4, -0.2) is 68.2 Å². The van der Waals surface area contributed by atoms with Gasteiger partial charge in [0, 0.05) is 49.9 Å². The summed E-state index contributed by atoms with van der Waals surface area (Å²) in [5.41, 5.74) is 1.94. The number of H-pyrrole nitrogens is 1. The van der Waals surface area contributed by atoms with Crippen LogP contribution in [0.3, 0.4) is 0 Å². The maximum absolute atomic E-state index is 9.10. The number of aromatic nitrogens is 4. The molecule has 2 saturated heterocycles. The number of hydrogen-bond donors (Lipinski definition) is 2. The molecule has 0 spiro atoms. The number of fused-ring (bicyclic) bond motifs is 1. The number of nitrogens with zero attached hydrogens (tertiary/aromatic N) is 4. The van der Waals surface area contributed by atoms with Gasteiger partial charge in [-0.1, -0.05) is 0 Å². The third kappa shape index (κ3) is 2.80. The average Bonchev–Trinajstić information content (AvgIpc) is 3.24. The van der Waals surface area contributed by atoms with E-state index < -0.39 is 0 Å². The summed E-state index contributed by atoms with van der Waals surface area (Å²) in [7, 11) is 0. The van der Waals surface area contributed by atoms with Crippen molar-refractivity contribution < 1.29 is 9.84 Å². The number of aromatic amines is 1. The number of hydrogen-bond acceptors (Lipinski definition) is 5. The van der Waals surface area contributed by atoms with Gasteiger partial charge in [0.2, 0.25) is 0 Å². The van der Waals surface area contributed by atoms with Crippen LogP contribution in [0.15, 0.2) is 18.5 Å². The molecule has 2 aliphatic rings. The summed E-state index contributed by atoms with van der Waals surface area (Å²) in [4.78, 5) is 7.00. The molecule has 0 bridgehead atoms. The fourth-order valence-corrected chi connectivity index (χ4v) is 3.77. The van der Waals surface area contributed by atoms with Crippen molar-refractivity contribution in [2.45, 2.75) is 38.0 Å². The molecule has 0 amide bonds. The smallest absolute Gasteiger partial charge is 0.160 e. The molecule has 2 fully saturated rings. The number of imidazole rings is 1. The largest absolute Gasteiger partial charge is 0.396 e. The Bertz CT molecular complexity index is 667. The SMILES string of the molecule is Cc1cc(-c2nccn2[C@H]2C[C@H]3CO[C@@H](CCO)CN3C2)n[nH]1. The zero-order valence-electron chi connectivity index (χ0n) is 13.4. The second-order valence-electron chi connectivity index (χ2n) is 6.56. The van der Waals surface area contributed by atoms with Crippen LogP contribution in [0.4, 0.5) is 0 Å². The van der Waals surface area contributed by atoms with Crippen LogP contribution in [0.25, 0.3) is 11.5 Å². The van der Waals surface area contributed by atoms with E-state index in [1.165, 1.54) is 0 Å². The highest BCUT2D eigenvalue weighted by Gasteiger charge is 2.38. The molecule has 23 heavy (non-hydrogen) atoms. The van der Waals surface area contributed by atoms with E-state index in [2.05, 4.69) is 30.8 Å². The van der Waals surface area contributed by atoms with Gasteiger partial charge < -0.3 is 14.4 Å². The molecule has 0 unspecified atom stereocenters. The van der Waals surface area contributed by atoms with Crippen LogP contribution in [0.1, 0.15) is 24.6 Å². The van der Waals surface area contributed by atoms with E-state index in [0.29, 0.717) is 12.1 Å². The number of ether oxygens (including phenoxy) is 1. The maximum atomic E-state index is 9.10. The van der Waals surface area contributed by atoms with Gasteiger partial charge in [-0.2, -0.15) is 5.10 Å². The Hall–Kier alpha value is -1.70. The molecule has 2 aliphatic heterocycles. The molecule has 0 aromatic carbocycles. The number of aliphatic hydroxyl groups is 1. The van der Waals surface area contributed by atoms with E-state index in [1.807, 2.05) is 19.2 Å². The molecule has 3 atom stereocenters. The second-order valence-corrected chi connectivity index (χ2v) is 6.56. The number of morpholine rings is 1. The molecular weight excluding hydrogens is 294 g/mol. The van der Waals surface area contributed by atoms with Gasteiger partial charge >= 0.3 is 0 Å². The normalized spacial score (nSPS) is 28.2. The van der Waals surface area contributed by atoms with E-state index >= 15 is 0 Å². The molecule has 4 heterocycles. The van der Waals surface area contributed by atoms with Crippen molar-refractivity contribution in [2.75, 3.05) is 26.3 Å². The van der Waals surface area contributed by atoms with Crippen LogP contribution >= 0.6 is 0 Å². The third-order valence-electron chi connectivity index (χ3n) is 4.92. The van der Waals surface area contributed by atoms with Crippen molar-refractivity contribution in [3.8, 4) is 11.5 Å². The van der Waals surface area contributed by atoms with Gasteiger partial charge in [-0.25, -0.2) is 4.98 Å². The molecule has 7 nitrogen and oxygen atoms in total. The molecule has 2 aromatic heterocycles. The zero-order valence-corrected chi connectivity index (χ0v) is 13.4. The minimum Gasteiger partial charge on any atom is -0.396 e. The predicted molar refractivity (Wildman–Crippen MR) is 85.0 cm³/mol. The summed E-state index contributed by atoms with van der Waals surface area (Å²) in [6.07, 6.45) is 5.84. The maximum Gasteiger partial charge on any atom is 0.160 e. The first-order valence-electron chi connectivity index (χ1n) is 8.26. The van der Waals surface area contributed by atoms with E-state index in [4.69, 9.17) is 9.84 Å². The summed E-state index contributed by atoms with van der Waals surface area (Å²) >= 11 is 0. The molecule has 0 saturated carbocycles. The Morgan fingerprint density at radius 1 is 1.39 bits per heavy atom. The highest BCUT2D eigenvalue weighted by molar-refractivity contribution is 5.50.